The van der Waals surface area contributed by atoms with Gasteiger partial charge in [0.05, 0.1) is 0 Å². The van der Waals surface area contributed by atoms with Crippen LogP contribution < -0.4 is 11.1 Å². The van der Waals surface area contributed by atoms with E-state index in [1.54, 1.807) is 0 Å². The number of likely N-dealkylation sites (tertiary alicyclic amines) is 1. The number of nitrogens with two attached hydrogens (primary N) is 1. The molecule has 116 valence electrons. The summed E-state index contributed by atoms with van der Waals surface area (Å²) < 4.78 is 0. The highest BCUT2D eigenvalue weighted by molar-refractivity contribution is 5.85. The molecule has 0 radical (unpaired) electrons. The summed E-state index contributed by atoms with van der Waals surface area (Å²) in [4.78, 5) is 14.3. The number of hydrogen-bond acceptors (Lipinski definition) is 3. The van der Waals surface area contributed by atoms with Crippen LogP contribution in [0.15, 0.2) is 0 Å². The van der Waals surface area contributed by atoms with Gasteiger partial charge in [0.15, 0.2) is 0 Å². The van der Waals surface area contributed by atoms with Gasteiger partial charge >= 0.3 is 0 Å². The third kappa shape index (κ3) is 7.98. The molecule has 1 aliphatic heterocycles. The Morgan fingerprint density at radius 3 is 2.16 bits per heavy atom. The predicted octanol–water partition coefficient (Wildman–Crippen LogP) is 1.80. The van der Waals surface area contributed by atoms with Gasteiger partial charge in [-0.15, -0.1) is 24.8 Å². The lowest BCUT2D eigenvalue weighted by molar-refractivity contribution is -0.125. The van der Waals surface area contributed by atoms with E-state index in [0.29, 0.717) is 0 Å². The van der Waals surface area contributed by atoms with Crippen molar-refractivity contribution >= 4 is 30.7 Å². The Hall–Kier alpha value is -0.0300. The number of carbonyl (C=O) groups excluding carboxylic acids is 1. The average Bonchev–Trinajstić information content (AvgIpc) is 2.28. The van der Waals surface area contributed by atoms with Gasteiger partial charge in [0.2, 0.25) is 5.91 Å². The largest absolute Gasteiger partial charge is 0.352 e. The number of halogens is 2. The average molecular weight is 314 g/mol. The van der Waals surface area contributed by atoms with Crippen molar-refractivity contribution in [3.63, 3.8) is 0 Å². The van der Waals surface area contributed by atoms with Gasteiger partial charge in [0, 0.05) is 24.5 Å². The van der Waals surface area contributed by atoms with Gasteiger partial charge in [-0.3, -0.25) is 4.79 Å². The summed E-state index contributed by atoms with van der Waals surface area (Å²) in [6.07, 6.45) is 3.92. The summed E-state index contributed by atoms with van der Waals surface area (Å²) in [5.41, 5.74) is 5.73. The minimum atomic E-state index is -0.112. The molecule has 1 fully saturated rings. The van der Waals surface area contributed by atoms with E-state index in [4.69, 9.17) is 5.73 Å². The van der Waals surface area contributed by atoms with Gasteiger partial charge in [0.25, 0.3) is 0 Å². The van der Waals surface area contributed by atoms with Gasteiger partial charge in [-0.05, 0) is 39.8 Å². The summed E-state index contributed by atoms with van der Waals surface area (Å²) in [5, 5.41) is 3.05. The van der Waals surface area contributed by atoms with Gasteiger partial charge in [-0.1, -0.05) is 13.3 Å². The van der Waals surface area contributed by atoms with Crippen LogP contribution in [0.25, 0.3) is 0 Å². The second-order valence-corrected chi connectivity index (χ2v) is 5.42. The van der Waals surface area contributed by atoms with E-state index in [1.165, 1.54) is 32.4 Å². The Balaban J connectivity index is 0. The first-order valence-corrected chi connectivity index (χ1v) is 6.79. The van der Waals surface area contributed by atoms with E-state index < -0.39 is 0 Å². The Bertz CT molecular complexity index is 246. The van der Waals surface area contributed by atoms with Crippen molar-refractivity contribution in [2.45, 2.75) is 52.1 Å². The van der Waals surface area contributed by atoms with Crippen LogP contribution in [0, 0.1) is 5.92 Å². The lowest BCUT2D eigenvalue weighted by atomic mass is 10.0. The molecule has 0 bridgehead atoms. The normalized spacial score (nSPS) is 20.4. The Labute approximate surface area is 129 Å². The number of carbonyl (C=O) groups is 1. The summed E-state index contributed by atoms with van der Waals surface area (Å²) in [6, 6.07) is 0.124. The minimum absolute atomic E-state index is 0. The van der Waals surface area contributed by atoms with Gasteiger partial charge in [0.1, 0.15) is 0 Å². The first-order valence-electron chi connectivity index (χ1n) is 6.79. The molecule has 6 heteroatoms. The van der Waals surface area contributed by atoms with Crippen molar-refractivity contribution in [3.05, 3.63) is 0 Å². The van der Waals surface area contributed by atoms with Crippen LogP contribution in [0.4, 0.5) is 0 Å². The van der Waals surface area contributed by atoms with Crippen LogP contribution in [0.2, 0.25) is 0 Å². The first kappa shape index (κ1) is 21.3. The molecule has 0 aromatic heterocycles. The third-order valence-corrected chi connectivity index (χ3v) is 3.57. The van der Waals surface area contributed by atoms with Crippen LogP contribution in [0.1, 0.15) is 40.0 Å². The zero-order valence-electron chi connectivity index (χ0n) is 12.2. The number of nitrogens with one attached hydrogen (secondary N) is 1. The maximum atomic E-state index is 11.8. The Morgan fingerprint density at radius 1 is 1.16 bits per heavy atom. The van der Waals surface area contributed by atoms with Gasteiger partial charge in [-0.2, -0.15) is 0 Å². The van der Waals surface area contributed by atoms with Crippen LogP contribution in [0.3, 0.4) is 0 Å². The predicted molar refractivity (Wildman–Crippen MR) is 85.2 cm³/mol. The highest BCUT2D eigenvalue weighted by Gasteiger charge is 2.20. The fraction of sp³-hybridized carbons (Fsp3) is 0.923. The molecular formula is C13H29Cl2N3O. The highest BCUT2D eigenvalue weighted by atomic mass is 35.5. The maximum Gasteiger partial charge on any atom is 0.224 e. The summed E-state index contributed by atoms with van der Waals surface area (Å²) in [5.74, 6) is -0.0386. The number of hydrogen-bond donors (Lipinski definition) is 2. The number of rotatable bonds is 5. The molecule has 3 N–H and O–H groups in total. The first-order chi connectivity index (χ1) is 8.00. The van der Waals surface area contributed by atoms with E-state index in [9.17, 15) is 4.79 Å². The van der Waals surface area contributed by atoms with E-state index in [2.05, 4.69) is 17.1 Å². The Morgan fingerprint density at radius 2 is 1.68 bits per heavy atom. The number of amides is 1. The molecule has 0 aliphatic carbocycles. The number of nitrogens with zero attached hydrogens (tertiary/aromatic N) is 1. The van der Waals surface area contributed by atoms with Crippen molar-refractivity contribution in [1.82, 2.24) is 10.2 Å². The second kappa shape index (κ2) is 10.7. The topological polar surface area (TPSA) is 58.4 Å². The molecule has 1 rings (SSSR count). The summed E-state index contributed by atoms with van der Waals surface area (Å²) in [6.45, 7) is 9.12. The highest BCUT2D eigenvalue weighted by Crippen LogP contribution is 2.09. The second-order valence-electron chi connectivity index (χ2n) is 5.42. The van der Waals surface area contributed by atoms with Crippen molar-refractivity contribution in [1.29, 1.82) is 0 Å². The zero-order valence-corrected chi connectivity index (χ0v) is 13.9. The van der Waals surface area contributed by atoms with E-state index in [1.807, 2.05) is 13.8 Å². The smallest absolute Gasteiger partial charge is 0.224 e. The van der Waals surface area contributed by atoms with Crippen LogP contribution in [-0.2, 0) is 4.79 Å². The number of piperidine rings is 1. The lowest BCUT2D eigenvalue weighted by Crippen LogP contribution is -2.47. The van der Waals surface area contributed by atoms with Crippen molar-refractivity contribution < 1.29 is 4.79 Å². The van der Waals surface area contributed by atoms with Gasteiger partial charge < -0.3 is 16.0 Å². The fourth-order valence-corrected chi connectivity index (χ4v) is 2.19. The summed E-state index contributed by atoms with van der Waals surface area (Å²) in [7, 11) is 0. The molecule has 0 saturated carbocycles. The molecule has 1 saturated heterocycles. The van der Waals surface area contributed by atoms with E-state index in [-0.39, 0.29) is 48.7 Å². The van der Waals surface area contributed by atoms with Crippen LogP contribution in [-0.4, -0.2) is 42.5 Å². The Kier molecular flexibility index (Phi) is 12.0. The third-order valence-electron chi connectivity index (χ3n) is 3.57. The molecule has 19 heavy (non-hydrogen) atoms. The van der Waals surface area contributed by atoms with E-state index in [0.717, 1.165) is 6.54 Å². The molecule has 1 aliphatic rings. The minimum Gasteiger partial charge on any atom is -0.352 e. The maximum absolute atomic E-state index is 11.8. The standard InChI is InChI=1S/C13H27N3O.2ClH/c1-10(9-16-7-5-4-6-8-16)15-13(17)11(2)12(3)14;;/h10-12H,4-9,14H2,1-3H3,(H,15,17);2*1H. The molecule has 0 spiro atoms. The summed E-state index contributed by atoms with van der Waals surface area (Å²) >= 11 is 0. The van der Waals surface area contributed by atoms with Crippen molar-refractivity contribution in [2.24, 2.45) is 11.7 Å². The van der Waals surface area contributed by atoms with Crippen molar-refractivity contribution in [3.8, 4) is 0 Å². The molecule has 0 aromatic rings. The van der Waals surface area contributed by atoms with Gasteiger partial charge in [-0.25, -0.2) is 0 Å². The molecule has 1 heterocycles. The lowest BCUT2D eigenvalue weighted by Gasteiger charge is -2.30. The van der Waals surface area contributed by atoms with Crippen LogP contribution in [0.5, 0.6) is 0 Å². The fourth-order valence-electron chi connectivity index (χ4n) is 2.19. The van der Waals surface area contributed by atoms with Crippen molar-refractivity contribution in [2.75, 3.05) is 19.6 Å². The van der Waals surface area contributed by atoms with Crippen LogP contribution >= 0.6 is 24.8 Å². The zero-order chi connectivity index (χ0) is 12.8. The molecule has 3 atom stereocenters. The molecular weight excluding hydrogens is 285 g/mol. The molecule has 3 unspecified atom stereocenters. The molecule has 1 amide bonds. The molecule has 4 nitrogen and oxygen atoms in total. The monoisotopic (exact) mass is 313 g/mol. The molecule has 0 aromatic carbocycles. The SMILES string of the molecule is CC(CN1CCCCC1)NC(=O)C(C)C(C)N.Cl.Cl. The van der Waals surface area contributed by atoms with E-state index >= 15 is 0 Å². The quantitative estimate of drug-likeness (QED) is 0.813.